The van der Waals surface area contributed by atoms with Crippen LogP contribution in [0.15, 0.2) is 4.52 Å². The number of carboxylic acids is 1. The number of esters is 1. The number of aryl methyl sites for hydroxylation is 2. The van der Waals surface area contributed by atoms with Gasteiger partial charge in [0.1, 0.15) is 17.4 Å². The minimum atomic E-state index is -1.23. The van der Waals surface area contributed by atoms with Crippen molar-refractivity contribution in [3.8, 4) is 0 Å². The highest BCUT2D eigenvalue weighted by Gasteiger charge is 2.25. The molecule has 0 spiro atoms. The van der Waals surface area contributed by atoms with E-state index in [4.69, 9.17) is 9.63 Å². The monoisotopic (exact) mass is 284 g/mol. The molecule has 1 atom stereocenters. The average Bonchev–Trinajstić information content (AvgIpc) is 2.73. The Morgan fingerprint density at radius 3 is 2.50 bits per heavy atom. The number of carbonyl (C=O) groups excluding carboxylic acids is 2. The first-order valence-corrected chi connectivity index (χ1v) is 5.90. The topological polar surface area (TPSA) is 119 Å². The molecule has 110 valence electrons. The van der Waals surface area contributed by atoms with E-state index in [1.54, 1.807) is 13.8 Å². The molecule has 1 amide bonds. The number of rotatable bonds is 6. The van der Waals surface area contributed by atoms with Crippen LogP contribution >= 0.6 is 0 Å². The zero-order valence-corrected chi connectivity index (χ0v) is 11.4. The van der Waals surface area contributed by atoms with E-state index in [0.717, 1.165) is 0 Å². The summed E-state index contributed by atoms with van der Waals surface area (Å²) in [5, 5.41) is 15.0. The van der Waals surface area contributed by atoms with Crippen LogP contribution in [0.4, 0.5) is 0 Å². The quantitative estimate of drug-likeness (QED) is 0.727. The minimum absolute atomic E-state index is 0.0584. The van der Waals surface area contributed by atoms with Crippen molar-refractivity contribution in [2.75, 3.05) is 7.11 Å². The molecule has 0 aliphatic rings. The lowest BCUT2D eigenvalue weighted by Gasteiger charge is -2.13. The van der Waals surface area contributed by atoms with E-state index in [1.807, 2.05) is 0 Å². The van der Waals surface area contributed by atoms with Gasteiger partial charge >= 0.3 is 11.9 Å². The summed E-state index contributed by atoms with van der Waals surface area (Å²) >= 11 is 0. The lowest BCUT2D eigenvalue weighted by Crippen LogP contribution is -2.41. The first kappa shape index (κ1) is 15.7. The van der Waals surface area contributed by atoms with Crippen molar-refractivity contribution in [1.82, 2.24) is 10.5 Å². The van der Waals surface area contributed by atoms with Gasteiger partial charge in [-0.2, -0.15) is 0 Å². The maximum absolute atomic E-state index is 12.0. The maximum Gasteiger partial charge on any atom is 0.326 e. The molecule has 1 aromatic rings. The molecule has 0 aromatic carbocycles. The summed E-state index contributed by atoms with van der Waals surface area (Å²) in [7, 11) is 1.21. The van der Waals surface area contributed by atoms with Gasteiger partial charge in [0, 0.05) is 6.42 Å². The number of aromatic nitrogens is 1. The Morgan fingerprint density at radius 2 is 2.05 bits per heavy atom. The number of amides is 1. The van der Waals surface area contributed by atoms with Crippen LogP contribution in [0.25, 0.3) is 0 Å². The van der Waals surface area contributed by atoms with Crippen LogP contribution in [0.1, 0.15) is 34.7 Å². The third-order valence-electron chi connectivity index (χ3n) is 2.73. The van der Waals surface area contributed by atoms with Crippen molar-refractivity contribution in [1.29, 1.82) is 0 Å². The Hall–Kier alpha value is -2.38. The van der Waals surface area contributed by atoms with Gasteiger partial charge in [0.05, 0.1) is 12.8 Å². The molecular weight excluding hydrogens is 268 g/mol. The molecular formula is C12H16N2O6. The molecule has 0 aliphatic carbocycles. The Kier molecular flexibility index (Phi) is 5.24. The second-order valence-corrected chi connectivity index (χ2v) is 4.18. The molecule has 1 heterocycles. The van der Waals surface area contributed by atoms with Gasteiger partial charge < -0.3 is 19.7 Å². The number of hydrogen-bond donors (Lipinski definition) is 2. The second kappa shape index (κ2) is 6.69. The highest BCUT2D eigenvalue weighted by molar-refractivity contribution is 5.98. The molecule has 1 rings (SSSR count). The van der Waals surface area contributed by atoms with Crippen LogP contribution < -0.4 is 5.32 Å². The van der Waals surface area contributed by atoms with Crippen LogP contribution in [-0.4, -0.2) is 41.3 Å². The van der Waals surface area contributed by atoms with Gasteiger partial charge in [-0.25, -0.2) is 4.79 Å². The summed E-state index contributed by atoms with van der Waals surface area (Å²) < 4.78 is 9.27. The van der Waals surface area contributed by atoms with E-state index in [0.29, 0.717) is 11.5 Å². The normalized spacial score (nSPS) is 11.8. The molecule has 0 aliphatic heterocycles. The Morgan fingerprint density at radius 1 is 1.40 bits per heavy atom. The first-order valence-electron chi connectivity index (χ1n) is 5.90. The molecule has 0 fully saturated rings. The van der Waals surface area contributed by atoms with Gasteiger partial charge in [-0.05, 0) is 20.3 Å². The number of carbonyl (C=O) groups is 3. The van der Waals surface area contributed by atoms with Gasteiger partial charge in [-0.15, -0.1) is 0 Å². The smallest absolute Gasteiger partial charge is 0.326 e. The molecule has 0 unspecified atom stereocenters. The van der Waals surface area contributed by atoms with Crippen LogP contribution in [0.2, 0.25) is 0 Å². The highest BCUT2D eigenvalue weighted by Crippen LogP contribution is 2.12. The summed E-state index contributed by atoms with van der Waals surface area (Å²) in [6, 6.07) is -1.18. The van der Waals surface area contributed by atoms with E-state index in [9.17, 15) is 14.4 Å². The molecule has 2 N–H and O–H groups in total. The lowest BCUT2D eigenvalue weighted by atomic mass is 10.1. The van der Waals surface area contributed by atoms with E-state index in [-0.39, 0.29) is 18.4 Å². The van der Waals surface area contributed by atoms with Gasteiger partial charge in [-0.3, -0.25) is 9.59 Å². The standard InChI is InChI=1S/C12H16N2O6/c1-6-10(7(2)20-14-6)11(16)13-8(12(17)18)4-5-9(15)19-3/h8H,4-5H2,1-3H3,(H,13,16)(H,17,18)/t8-/m0/s1. The van der Waals surface area contributed by atoms with Gasteiger partial charge in [0.15, 0.2) is 0 Å². The van der Waals surface area contributed by atoms with Gasteiger partial charge in [0.2, 0.25) is 0 Å². The predicted molar refractivity (Wildman–Crippen MR) is 66.1 cm³/mol. The number of methoxy groups -OCH3 is 1. The zero-order chi connectivity index (χ0) is 15.3. The maximum atomic E-state index is 12.0. The number of aliphatic carboxylic acids is 1. The third-order valence-corrected chi connectivity index (χ3v) is 2.73. The van der Waals surface area contributed by atoms with Gasteiger partial charge in [0.25, 0.3) is 5.91 Å². The number of nitrogens with zero attached hydrogens (tertiary/aromatic N) is 1. The van der Waals surface area contributed by atoms with Crippen molar-refractivity contribution in [3.63, 3.8) is 0 Å². The summed E-state index contributed by atoms with van der Waals surface area (Å²) in [6.45, 7) is 3.13. The summed E-state index contributed by atoms with van der Waals surface area (Å²) in [5.74, 6) is -2.06. The number of nitrogens with one attached hydrogen (secondary N) is 1. The van der Waals surface area contributed by atoms with Gasteiger partial charge in [-0.1, -0.05) is 5.16 Å². The number of hydrogen-bond acceptors (Lipinski definition) is 6. The predicted octanol–water partition coefficient (Wildman–Crippen LogP) is 0.428. The fraction of sp³-hybridized carbons (Fsp3) is 0.500. The average molecular weight is 284 g/mol. The lowest BCUT2D eigenvalue weighted by molar-refractivity contribution is -0.142. The van der Waals surface area contributed by atoms with Crippen LogP contribution in [-0.2, 0) is 14.3 Å². The molecule has 0 saturated heterocycles. The SMILES string of the molecule is COC(=O)CC[C@H](NC(=O)c1c(C)noc1C)C(=O)O. The molecule has 20 heavy (non-hydrogen) atoms. The largest absolute Gasteiger partial charge is 0.480 e. The van der Waals surface area contributed by atoms with Crippen molar-refractivity contribution >= 4 is 17.8 Å². The molecule has 8 nitrogen and oxygen atoms in total. The van der Waals surface area contributed by atoms with E-state index < -0.39 is 23.9 Å². The Balaban J connectivity index is 2.73. The summed E-state index contributed by atoms with van der Waals surface area (Å²) in [5.41, 5.74) is 0.575. The summed E-state index contributed by atoms with van der Waals surface area (Å²) in [6.07, 6.45) is -0.160. The number of carboxylic acid groups (broad SMARTS) is 1. The van der Waals surface area contributed by atoms with E-state index >= 15 is 0 Å². The van der Waals surface area contributed by atoms with Crippen molar-refractivity contribution in [2.45, 2.75) is 32.7 Å². The fourth-order valence-corrected chi connectivity index (χ4v) is 1.66. The Bertz CT molecular complexity index is 503. The van der Waals surface area contributed by atoms with Crippen LogP contribution in [0.3, 0.4) is 0 Å². The second-order valence-electron chi connectivity index (χ2n) is 4.18. The van der Waals surface area contributed by atoms with E-state index in [2.05, 4.69) is 15.2 Å². The molecule has 8 heteroatoms. The van der Waals surface area contributed by atoms with Crippen LogP contribution in [0.5, 0.6) is 0 Å². The highest BCUT2D eigenvalue weighted by atomic mass is 16.5. The minimum Gasteiger partial charge on any atom is -0.480 e. The first-order chi connectivity index (χ1) is 9.36. The molecule has 0 radical (unpaired) electrons. The molecule has 0 saturated carbocycles. The third kappa shape index (κ3) is 3.81. The van der Waals surface area contributed by atoms with Crippen LogP contribution in [0, 0.1) is 13.8 Å². The van der Waals surface area contributed by atoms with E-state index in [1.165, 1.54) is 7.11 Å². The van der Waals surface area contributed by atoms with Crippen molar-refractivity contribution < 1.29 is 28.8 Å². The summed E-state index contributed by atoms with van der Waals surface area (Å²) in [4.78, 5) is 34.1. The molecule has 0 bridgehead atoms. The molecule has 1 aromatic heterocycles. The van der Waals surface area contributed by atoms with Crippen molar-refractivity contribution in [2.24, 2.45) is 0 Å². The zero-order valence-electron chi connectivity index (χ0n) is 11.4. The fourth-order valence-electron chi connectivity index (χ4n) is 1.66. The van der Waals surface area contributed by atoms with Crippen molar-refractivity contribution in [3.05, 3.63) is 17.0 Å². The number of ether oxygens (including phenoxy) is 1. The Labute approximate surface area is 115 Å².